The number of piperidine rings is 1. The highest BCUT2D eigenvalue weighted by Gasteiger charge is 2.43. The van der Waals surface area contributed by atoms with Crippen molar-refractivity contribution in [3.63, 3.8) is 0 Å². The number of hydrogen-bond acceptors (Lipinski definition) is 4. The Hall–Kier alpha value is -3.22. The molecule has 0 radical (unpaired) electrons. The number of primary amides is 1. The van der Waals surface area contributed by atoms with Crippen molar-refractivity contribution in [1.29, 1.82) is 0 Å². The molecule has 1 saturated heterocycles. The van der Waals surface area contributed by atoms with Crippen LogP contribution in [0.4, 0.5) is 5.69 Å². The summed E-state index contributed by atoms with van der Waals surface area (Å²) in [6.45, 7) is 0.437. The lowest BCUT2D eigenvalue weighted by Crippen LogP contribution is -2.56. The number of halogens is 2. The zero-order valence-corrected chi connectivity index (χ0v) is 23.8. The topological polar surface area (TPSA) is 93.5 Å². The lowest BCUT2D eigenvalue weighted by molar-refractivity contribution is -0.125. The van der Waals surface area contributed by atoms with Crippen LogP contribution in [0.1, 0.15) is 55.6 Å². The van der Waals surface area contributed by atoms with Gasteiger partial charge in [0.25, 0.3) is 0 Å². The molecule has 0 spiro atoms. The van der Waals surface area contributed by atoms with Crippen LogP contribution in [0.3, 0.4) is 0 Å². The fourth-order valence-corrected chi connectivity index (χ4v) is 6.57. The van der Waals surface area contributed by atoms with Crippen molar-refractivity contribution in [3.8, 4) is 5.75 Å². The number of nitrogens with one attached hydrogen (secondary N) is 2. The van der Waals surface area contributed by atoms with Crippen LogP contribution in [0.2, 0.25) is 10.0 Å². The molecule has 0 aromatic heterocycles. The van der Waals surface area contributed by atoms with E-state index >= 15 is 0 Å². The number of ether oxygens (including phenoxy) is 1. The first-order valence-electron chi connectivity index (χ1n) is 13.9. The molecular weight excluding hydrogens is 545 g/mol. The van der Waals surface area contributed by atoms with Crippen LogP contribution in [0, 0.1) is 11.8 Å². The molecule has 2 amide bonds. The zero-order valence-electron chi connectivity index (χ0n) is 22.3. The Labute approximate surface area is 245 Å². The van der Waals surface area contributed by atoms with E-state index in [9.17, 15) is 9.59 Å². The number of nitrogens with two attached hydrogens (primary N) is 1. The average Bonchev–Trinajstić information content (AvgIpc) is 2.94. The smallest absolute Gasteiger partial charge is 0.222 e. The van der Waals surface area contributed by atoms with Gasteiger partial charge >= 0.3 is 0 Å². The van der Waals surface area contributed by atoms with Crippen LogP contribution < -0.4 is 21.1 Å². The van der Waals surface area contributed by atoms with Crippen LogP contribution >= 0.6 is 23.2 Å². The van der Waals surface area contributed by atoms with E-state index in [1.54, 1.807) is 0 Å². The number of benzene rings is 3. The van der Waals surface area contributed by atoms with E-state index in [2.05, 4.69) is 34.9 Å². The van der Waals surface area contributed by atoms with Crippen LogP contribution in [-0.2, 0) is 9.59 Å². The van der Waals surface area contributed by atoms with Crippen molar-refractivity contribution in [2.75, 3.05) is 11.9 Å². The maximum Gasteiger partial charge on any atom is 0.222 e. The van der Waals surface area contributed by atoms with E-state index in [1.807, 2.05) is 48.5 Å². The van der Waals surface area contributed by atoms with Gasteiger partial charge in [-0.1, -0.05) is 47.5 Å². The molecule has 1 aliphatic heterocycles. The van der Waals surface area contributed by atoms with E-state index in [0.717, 1.165) is 40.7 Å². The Morgan fingerprint density at radius 1 is 0.950 bits per heavy atom. The summed E-state index contributed by atoms with van der Waals surface area (Å²) in [7, 11) is 0. The Kier molecular flexibility index (Phi) is 9.18. The molecule has 40 heavy (non-hydrogen) atoms. The van der Waals surface area contributed by atoms with Crippen LogP contribution in [0.25, 0.3) is 0 Å². The van der Waals surface area contributed by atoms with Gasteiger partial charge in [-0.2, -0.15) is 0 Å². The molecule has 3 aromatic rings. The monoisotopic (exact) mass is 579 g/mol. The van der Waals surface area contributed by atoms with Gasteiger partial charge in [-0.15, -0.1) is 0 Å². The highest BCUT2D eigenvalue weighted by molar-refractivity contribution is 6.30. The number of carbonyl (C=O) groups excluding carboxylic acids is 2. The minimum Gasteiger partial charge on any atom is -0.494 e. The summed E-state index contributed by atoms with van der Waals surface area (Å²) < 4.78 is 5.73. The SMILES string of the molecule is NC(=O)CCCOc1ccc(NC2CC(=O)NC3CCC(C(c4ccc(Cl)cc4)c4ccc(Cl)cc4)CC32)cc1. The Bertz CT molecular complexity index is 1250. The molecule has 1 heterocycles. The van der Waals surface area contributed by atoms with Gasteiger partial charge in [0.15, 0.2) is 0 Å². The number of amides is 2. The van der Waals surface area contributed by atoms with Crippen LogP contribution in [0.15, 0.2) is 72.8 Å². The molecule has 5 rings (SSSR count). The first kappa shape index (κ1) is 28.3. The van der Waals surface area contributed by atoms with Gasteiger partial charge < -0.3 is 21.1 Å². The van der Waals surface area contributed by atoms with E-state index in [-0.39, 0.29) is 29.8 Å². The molecule has 8 heteroatoms. The minimum atomic E-state index is -0.324. The predicted octanol–water partition coefficient (Wildman–Crippen LogP) is 6.56. The van der Waals surface area contributed by atoms with Crippen molar-refractivity contribution in [2.24, 2.45) is 17.6 Å². The second-order valence-electron chi connectivity index (χ2n) is 10.9. The summed E-state index contributed by atoms with van der Waals surface area (Å²) in [5.41, 5.74) is 8.63. The third-order valence-corrected chi connectivity index (χ3v) is 8.68. The predicted molar refractivity (Wildman–Crippen MR) is 160 cm³/mol. The van der Waals surface area contributed by atoms with Crippen molar-refractivity contribution in [2.45, 2.75) is 56.5 Å². The Balaban J connectivity index is 1.32. The summed E-state index contributed by atoms with van der Waals surface area (Å²) >= 11 is 12.5. The molecule has 210 valence electrons. The Morgan fingerprint density at radius 2 is 1.57 bits per heavy atom. The van der Waals surface area contributed by atoms with Gasteiger partial charge in [-0.05, 0) is 91.3 Å². The summed E-state index contributed by atoms with van der Waals surface area (Å²) in [6, 6.07) is 24.3. The molecule has 1 saturated carbocycles. The lowest BCUT2D eigenvalue weighted by Gasteiger charge is -2.46. The molecule has 4 unspecified atom stereocenters. The minimum absolute atomic E-state index is 0.0278. The second-order valence-corrected chi connectivity index (χ2v) is 11.8. The molecule has 2 aliphatic rings. The number of hydrogen-bond donors (Lipinski definition) is 3. The van der Waals surface area contributed by atoms with Gasteiger partial charge in [0.2, 0.25) is 11.8 Å². The number of rotatable bonds is 10. The van der Waals surface area contributed by atoms with E-state index in [1.165, 1.54) is 11.1 Å². The first-order valence-corrected chi connectivity index (χ1v) is 14.7. The van der Waals surface area contributed by atoms with Crippen molar-refractivity contribution in [1.82, 2.24) is 5.32 Å². The van der Waals surface area contributed by atoms with Gasteiger partial charge in [-0.3, -0.25) is 9.59 Å². The third kappa shape index (κ3) is 7.10. The van der Waals surface area contributed by atoms with Gasteiger partial charge in [-0.25, -0.2) is 0 Å². The maximum atomic E-state index is 12.7. The second kappa shape index (κ2) is 13.0. The van der Waals surface area contributed by atoms with Crippen LogP contribution in [-0.4, -0.2) is 30.5 Å². The molecule has 4 atom stereocenters. The van der Waals surface area contributed by atoms with Crippen molar-refractivity contribution in [3.05, 3.63) is 94.0 Å². The van der Waals surface area contributed by atoms with Crippen LogP contribution in [0.5, 0.6) is 5.75 Å². The fraction of sp³-hybridized carbons (Fsp3) is 0.375. The van der Waals surface area contributed by atoms with Gasteiger partial charge in [0.1, 0.15) is 5.75 Å². The van der Waals surface area contributed by atoms with Crippen molar-refractivity contribution >= 4 is 40.7 Å². The fourth-order valence-electron chi connectivity index (χ4n) is 6.32. The molecule has 3 aromatic carbocycles. The van der Waals surface area contributed by atoms with Crippen molar-refractivity contribution < 1.29 is 14.3 Å². The summed E-state index contributed by atoms with van der Waals surface area (Å²) in [4.78, 5) is 23.6. The molecular formula is C32H35Cl2N3O3. The summed E-state index contributed by atoms with van der Waals surface area (Å²) in [5.74, 6) is 1.41. The third-order valence-electron chi connectivity index (χ3n) is 8.18. The quantitative estimate of drug-likeness (QED) is 0.237. The zero-order chi connectivity index (χ0) is 28.1. The molecule has 0 bridgehead atoms. The standard InChI is InChI=1S/C32H35Cl2N3O3/c33-23-8-3-20(4-9-23)32(21-5-10-24(34)11-6-21)22-7-16-28-27(18-22)29(19-31(39)37-28)36-25-12-14-26(15-13-25)40-17-1-2-30(35)38/h3-6,8-15,22,27-29,32,36H,1-2,7,16-19H2,(H2,35,38)(H,37,39). The van der Waals surface area contributed by atoms with E-state index in [4.69, 9.17) is 33.7 Å². The normalized spacial score (nSPS) is 22.3. The summed E-state index contributed by atoms with van der Waals surface area (Å²) in [5, 5.41) is 8.38. The van der Waals surface area contributed by atoms with E-state index in [0.29, 0.717) is 37.7 Å². The largest absolute Gasteiger partial charge is 0.494 e. The maximum absolute atomic E-state index is 12.7. The average molecular weight is 581 g/mol. The number of carbonyl (C=O) groups is 2. The number of anilines is 1. The lowest BCUT2D eigenvalue weighted by atomic mass is 9.65. The van der Waals surface area contributed by atoms with Gasteiger partial charge in [0.05, 0.1) is 6.61 Å². The first-order chi connectivity index (χ1) is 19.4. The van der Waals surface area contributed by atoms with Gasteiger partial charge in [0, 0.05) is 52.5 Å². The molecule has 2 fully saturated rings. The number of fused-ring (bicyclic) bond motifs is 1. The molecule has 6 nitrogen and oxygen atoms in total. The molecule has 1 aliphatic carbocycles. The Morgan fingerprint density at radius 3 is 2.17 bits per heavy atom. The summed E-state index contributed by atoms with van der Waals surface area (Å²) in [6.07, 6.45) is 4.28. The van der Waals surface area contributed by atoms with E-state index < -0.39 is 0 Å². The highest BCUT2D eigenvalue weighted by atomic mass is 35.5. The highest BCUT2D eigenvalue weighted by Crippen LogP contribution is 2.45. The molecule has 4 N–H and O–H groups in total.